The third kappa shape index (κ3) is 2.79. The second-order valence-electron chi connectivity index (χ2n) is 3.14. The van der Waals surface area contributed by atoms with E-state index < -0.39 is 4.92 Å². The van der Waals surface area contributed by atoms with Crippen molar-refractivity contribution in [3.8, 4) is 11.6 Å². The normalized spacial score (nSPS) is 9.94. The number of nitro benzene ring substituents is 1. The fraction of sp³-hybridized carbons (Fsp3) is 0. The van der Waals surface area contributed by atoms with E-state index in [4.69, 9.17) is 4.74 Å². The van der Waals surface area contributed by atoms with Gasteiger partial charge in [0.05, 0.1) is 9.40 Å². The van der Waals surface area contributed by atoms with Gasteiger partial charge in [-0.1, -0.05) is 6.07 Å². The standard InChI is InChI=1S/C11H7BrN2O3/c12-9-7-8(14(15)16)4-5-10(9)17-11-3-1-2-6-13-11/h1-7H. The minimum absolute atomic E-state index is 0.00486. The molecule has 0 saturated heterocycles. The molecule has 1 heterocycles. The highest BCUT2D eigenvalue weighted by atomic mass is 79.9. The van der Waals surface area contributed by atoms with Gasteiger partial charge < -0.3 is 4.74 Å². The van der Waals surface area contributed by atoms with E-state index in [9.17, 15) is 10.1 Å². The summed E-state index contributed by atoms with van der Waals surface area (Å²) in [5, 5.41) is 10.6. The van der Waals surface area contributed by atoms with Crippen LogP contribution in [0.1, 0.15) is 0 Å². The first kappa shape index (κ1) is 11.5. The van der Waals surface area contributed by atoms with E-state index in [0.717, 1.165) is 0 Å². The Morgan fingerprint density at radius 2 is 2.12 bits per heavy atom. The first-order valence-electron chi connectivity index (χ1n) is 4.69. The van der Waals surface area contributed by atoms with E-state index in [-0.39, 0.29) is 5.69 Å². The van der Waals surface area contributed by atoms with Crippen LogP contribution in [0.5, 0.6) is 11.6 Å². The molecule has 0 fully saturated rings. The lowest BCUT2D eigenvalue weighted by atomic mass is 10.3. The second kappa shape index (κ2) is 4.92. The molecule has 0 atom stereocenters. The van der Waals surface area contributed by atoms with Crippen molar-refractivity contribution in [2.45, 2.75) is 0 Å². The number of benzene rings is 1. The Balaban J connectivity index is 2.26. The van der Waals surface area contributed by atoms with Crippen LogP contribution in [0.4, 0.5) is 5.69 Å². The maximum Gasteiger partial charge on any atom is 0.270 e. The molecule has 0 spiro atoms. The molecule has 0 saturated carbocycles. The van der Waals surface area contributed by atoms with Crippen molar-refractivity contribution in [2.75, 3.05) is 0 Å². The van der Waals surface area contributed by atoms with E-state index in [1.165, 1.54) is 18.2 Å². The number of ether oxygens (including phenoxy) is 1. The molecule has 0 amide bonds. The van der Waals surface area contributed by atoms with Gasteiger partial charge in [0.1, 0.15) is 5.75 Å². The zero-order valence-corrected chi connectivity index (χ0v) is 10.1. The van der Waals surface area contributed by atoms with Crippen LogP contribution in [0.3, 0.4) is 0 Å². The predicted octanol–water partition coefficient (Wildman–Crippen LogP) is 3.54. The van der Waals surface area contributed by atoms with Crippen molar-refractivity contribution >= 4 is 21.6 Å². The van der Waals surface area contributed by atoms with E-state index in [2.05, 4.69) is 20.9 Å². The summed E-state index contributed by atoms with van der Waals surface area (Å²) in [7, 11) is 0. The number of halogens is 1. The van der Waals surface area contributed by atoms with Gasteiger partial charge in [-0.15, -0.1) is 0 Å². The van der Waals surface area contributed by atoms with Crippen LogP contribution in [0.25, 0.3) is 0 Å². The minimum Gasteiger partial charge on any atom is -0.438 e. The maximum absolute atomic E-state index is 10.6. The van der Waals surface area contributed by atoms with Gasteiger partial charge in [0, 0.05) is 24.4 Å². The maximum atomic E-state index is 10.6. The SMILES string of the molecule is O=[N+]([O-])c1ccc(Oc2ccccn2)c(Br)c1. The molecule has 6 heteroatoms. The average Bonchev–Trinajstić information content (AvgIpc) is 2.33. The largest absolute Gasteiger partial charge is 0.438 e. The number of rotatable bonds is 3. The Morgan fingerprint density at radius 3 is 2.71 bits per heavy atom. The minimum atomic E-state index is -0.463. The summed E-state index contributed by atoms with van der Waals surface area (Å²) >= 11 is 3.22. The van der Waals surface area contributed by atoms with Gasteiger partial charge in [0.2, 0.25) is 5.88 Å². The number of hydrogen-bond donors (Lipinski definition) is 0. The highest BCUT2D eigenvalue weighted by Gasteiger charge is 2.10. The summed E-state index contributed by atoms with van der Waals surface area (Å²) in [5.74, 6) is 0.913. The Morgan fingerprint density at radius 1 is 1.29 bits per heavy atom. The molecule has 0 aliphatic carbocycles. The van der Waals surface area contributed by atoms with Crippen molar-refractivity contribution in [3.63, 3.8) is 0 Å². The van der Waals surface area contributed by atoms with Gasteiger partial charge in [0.15, 0.2) is 0 Å². The fourth-order valence-electron chi connectivity index (χ4n) is 1.21. The van der Waals surface area contributed by atoms with Crippen LogP contribution < -0.4 is 4.74 Å². The molecule has 1 aromatic carbocycles. The quantitative estimate of drug-likeness (QED) is 0.641. The van der Waals surface area contributed by atoms with Gasteiger partial charge in [-0.05, 0) is 28.1 Å². The lowest BCUT2D eigenvalue weighted by Gasteiger charge is -2.05. The Bertz CT molecular complexity index is 546. The molecule has 17 heavy (non-hydrogen) atoms. The lowest BCUT2D eigenvalue weighted by molar-refractivity contribution is -0.384. The van der Waals surface area contributed by atoms with Gasteiger partial charge in [-0.25, -0.2) is 4.98 Å². The third-order valence-corrected chi connectivity index (χ3v) is 2.60. The number of pyridine rings is 1. The van der Waals surface area contributed by atoms with Gasteiger partial charge in [-0.2, -0.15) is 0 Å². The van der Waals surface area contributed by atoms with E-state index in [0.29, 0.717) is 16.1 Å². The molecule has 86 valence electrons. The summed E-state index contributed by atoms with van der Waals surface area (Å²) in [4.78, 5) is 14.1. The molecule has 1 aromatic heterocycles. The van der Waals surface area contributed by atoms with Crippen molar-refractivity contribution < 1.29 is 9.66 Å². The number of hydrogen-bond acceptors (Lipinski definition) is 4. The van der Waals surface area contributed by atoms with Crippen LogP contribution in [-0.4, -0.2) is 9.91 Å². The number of nitrogens with zero attached hydrogens (tertiary/aromatic N) is 2. The predicted molar refractivity (Wildman–Crippen MR) is 65.1 cm³/mol. The number of non-ortho nitro benzene ring substituents is 1. The van der Waals surface area contributed by atoms with Crippen LogP contribution in [0.15, 0.2) is 47.1 Å². The zero-order valence-electron chi connectivity index (χ0n) is 8.54. The van der Waals surface area contributed by atoms with Crippen LogP contribution in [0.2, 0.25) is 0 Å². The number of nitro groups is 1. The Labute approximate surface area is 105 Å². The van der Waals surface area contributed by atoms with Crippen LogP contribution in [-0.2, 0) is 0 Å². The highest BCUT2D eigenvalue weighted by molar-refractivity contribution is 9.10. The van der Waals surface area contributed by atoms with Crippen molar-refractivity contribution in [2.24, 2.45) is 0 Å². The summed E-state index contributed by atoms with van der Waals surface area (Å²) in [6.45, 7) is 0. The van der Waals surface area contributed by atoms with Gasteiger partial charge in [0.25, 0.3) is 5.69 Å². The number of aromatic nitrogens is 1. The Kier molecular flexibility index (Phi) is 3.34. The molecule has 0 radical (unpaired) electrons. The molecule has 2 rings (SSSR count). The molecule has 5 nitrogen and oxygen atoms in total. The summed E-state index contributed by atoms with van der Waals surface area (Å²) in [6, 6.07) is 9.56. The second-order valence-corrected chi connectivity index (χ2v) is 4.00. The average molecular weight is 295 g/mol. The third-order valence-electron chi connectivity index (χ3n) is 1.98. The van der Waals surface area contributed by atoms with Crippen molar-refractivity contribution in [3.05, 3.63) is 57.2 Å². The molecular weight excluding hydrogens is 288 g/mol. The molecule has 0 bridgehead atoms. The summed E-state index contributed by atoms with van der Waals surface area (Å²) < 4.78 is 5.97. The summed E-state index contributed by atoms with van der Waals surface area (Å²) in [5.41, 5.74) is 0.00486. The molecule has 0 aliphatic heterocycles. The monoisotopic (exact) mass is 294 g/mol. The zero-order chi connectivity index (χ0) is 12.3. The van der Waals surface area contributed by atoms with Crippen LogP contribution >= 0.6 is 15.9 Å². The van der Waals surface area contributed by atoms with E-state index in [1.54, 1.807) is 24.4 Å². The molecular formula is C11H7BrN2O3. The highest BCUT2D eigenvalue weighted by Crippen LogP contribution is 2.31. The first-order valence-corrected chi connectivity index (χ1v) is 5.49. The fourth-order valence-corrected chi connectivity index (χ4v) is 1.65. The topological polar surface area (TPSA) is 65.3 Å². The smallest absolute Gasteiger partial charge is 0.270 e. The summed E-state index contributed by atoms with van der Waals surface area (Å²) in [6.07, 6.45) is 1.61. The van der Waals surface area contributed by atoms with Gasteiger partial charge >= 0.3 is 0 Å². The van der Waals surface area contributed by atoms with E-state index in [1.807, 2.05) is 0 Å². The molecule has 0 aliphatic rings. The molecule has 0 unspecified atom stereocenters. The molecule has 0 N–H and O–H groups in total. The van der Waals surface area contributed by atoms with E-state index >= 15 is 0 Å². The molecule has 2 aromatic rings. The van der Waals surface area contributed by atoms with Crippen LogP contribution in [0, 0.1) is 10.1 Å². The Hall–Kier alpha value is -1.95. The van der Waals surface area contributed by atoms with Crippen molar-refractivity contribution in [1.29, 1.82) is 0 Å². The van der Waals surface area contributed by atoms with Crippen molar-refractivity contribution in [1.82, 2.24) is 4.98 Å². The van der Waals surface area contributed by atoms with Gasteiger partial charge in [-0.3, -0.25) is 10.1 Å². The first-order chi connectivity index (χ1) is 8.16. The lowest BCUT2D eigenvalue weighted by Crippen LogP contribution is -1.91.